The summed E-state index contributed by atoms with van der Waals surface area (Å²) >= 11 is 5.47. The molecule has 0 aliphatic carbocycles. The van der Waals surface area contributed by atoms with Crippen molar-refractivity contribution >= 4 is 45.7 Å². The lowest BCUT2D eigenvalue weighted by molar-refractivity contribution is 0.572. The van der Waals surface area contributed by atoms with Crippen molar-refractivity contribution in [1.29, 1.82) is 0 Å². The van der Waals surface area contributed by atoms with E-state index in [4.69, 9.17) is 22.1 Å². The van der Waals surface area contributed by atoms with E-state index >= 15 is 0 Å². The minimum Gasteiger partial charge on any atom is -0.331 e. The Labute approximate surface area is 165 Å². The van der Waals surface area contributed by atoms with Crippen molar-refractivity contribution in [2.75, 3.05) is 33.5 Å². The van der Waals surface area contributed by atoms with Crippen LogP contribution < -0.4 is 15.8 Å². The quantitative estimate of drug-likeness (QED) is 0.556. The fourth-order valence-corrected chi connectivity index (χ4v) is 6.53. The molecule has 1 aromatic heterocycles. The van der Waals surface area contributed by atoms with Crippen molar-refractivity contribution in [1.82, 2.24) is 14.3 Å². The summed E-state index contributed by atoms with van der Waals surface area (Å²) in [5, 5.41) is 9.47. The Morgan fingerprint density at radius 2 is 1.59 bits per heavy atom. The minimum absolute atomic E-state index is 0.0381. The lowest BCUT2D eigenvalue weighted by Gasteiger charge is -2.36. The first-order valence-electron chi connectivity index (χ1n) is 7.90. The Hall–Kier alpha value is -1.68. The Morgan fingerprint density at radius 3 is 2.04 bits per heavy atom. The lowest BCUT2D eigenvalue weighted by Crippen LogP contribution is -2.30. The van der Waals surface area contributed by atoms with Crippen molar-refractivity contribution in [2.45, 2.75) is 4.90 Å². The van der Waals surface area contributed by atoms with Crippen LogP contribution in [0.4, 0.5) is 5.69 Å². The van der Waals surface area contributed by atoms with Gasteiger partial charge in [0.15, 0.2) is 5.11 Å². The van der Waals surface area contributed by atoms with E-state index in [0.29, 0.717) is 10.8 Å². The van der Waals surface area contributed by atoms with E-state index in [1.807, 2.05) is 40.3 Å². The van der Waals surface area contributed by atoms with Gasteiger partial charge < -0.3 is 5.32 Å². The fourth-order valence-electron chi connectivity index (χ4n) is 2.60. The van der Waals surface area contributed by atoms with Crippen LogP contribution in [0.15, 0.2) is 58.4 Å². The van der Waals surface area contributed by atoms with Crippen LogP contribution in [0.1, 0.15) is 0 Å². The third kappa shape index (κ3) is 4.98. The smallest absolute Gasteiger partial charge is 0.238 e. The molecule has 0 bridgehead atoms. The molecule has 27 heavy (non-hydrogen) atoms. The second-order valence-electron chi connectivity index (χ2n) is 6.07. The average Bonchev–Trinajstić information content (AvgIpc) is 2.59. The number of hydrogen-bond acceptors (Lipinski definition) is 4. The molecule has 0 aliphatic heterocycles. The maximum Gasteiger partial charge on any atom is 0.238 e. The molecule has 1 aromatic carbocycles. The van der Waals surface area contributed by atoms with Gasteiger partial charge in [-0.15, -0.1) is 0 Å². The molecule has 0 radical (unpaired) electrons. The van der Waals surface area contributed by atoms with E-state index in [9.17, 15) is 8.42 Å². The number of primary sulfonamides is 1. The number of anilines is 1. The molecule has 0 fully saturated rings. The number of pyridine rings is 1. The van der Waals surface area contributed by atoms with Crippen molar-refractivity contribution in [3.05, 3.63) is 48.8 Å². The van der Waals surface area contributed by atoms with Gasteiger partial charge in [0.1, 0.15) is 7.36 Å². The summed E-state index contributed by atoms with van der Waals surface area (Å²) in [6, 6.07) is 9.90. The molecule has 0 spiro atoms. The summed E-state index contributed by atoms with van der Waals surface area (Å²) in [7, 11) is 1.82. The van der Waals surface area contributed by atoms with E-state index < -0.39 is 17.4 Å². The zero-order chi connectivity index (χ0) is 20.2. The molecule has 1 heterocycles. The van der Waals surface area contributed by atoms with Gasteiger partial charge in [-0.3, -0.25) is 14.3 Å². The monoisotopic (exact) mass is 426 g/mol. The third-order valence-corrected chi connectivity index (χ3v) is 8.75. The van der Waals surface area contributed by atoms with Gasteiger partial charge in [-0.25, -0.2) is 18.3 Å². The Balaban J connectivity index is 2.41. The number of benzene rings is 1. The van der Waals surface area contributed by atoms with Gasteiger partial charge >= 0.3 is 0 Å². The van der Waals surface area contributed by atoms with E-state index in [2.05, 4.69) is 19.6 Å². The van der Waals surface area contributed by atoms with Gasteiger partial charge in [0.05, 0.1) is 4.90 Å². The van der Waals surface area contributed by atoms with Crippen LogP contribution >= 0.6 is 19.6 Å². The second-order valence-corrected chi connectivity index (χ2v) is 11.5. The number of nitrogens with zero attached hydrogens (tertiary/aromatic N) is 4. The number of nitrogens with two attached hydrogens (primary N) is 1. The highest BCUT2D eigenvalue weighted by Gasteiger charge is 2.28. The summed E-state index contributed by atoms with van der Waals surface area (Å²) < 4.78 is 31.7. The first-order valence-corrected chi connectivity index (χ1v) is 11.5. The Morgan fingerprint density at radius 1 is 1.07 bits per heavy atom. The fraction of sp³-hybridized carbons (Fsp3) is 0.250. The molecular formula is C16H23N6O2PS2. The molecule has 2 rings (SSSR count). The van der Waals surface area contributed by atoms with E-state index in [-0.39, 0.29) is 4.90 Å². The van der Waals surface area contributed by atoms with E-state index in [1.54, 1.807) is 24.5 Å². The van der Waals surface area contributed by atoms with Gasteiger partial charge in [-0.2, -0.15) is 0 Å². The summed E-state index contributed by atoms with van der Waals surface area (Å²) in [5.74, 6) is 0. The maximum absolute atomic E-state index is 11.4. The summed E-state index contributed by atoms with van der Waals surface area (Å²) in [4.78, 5) is 4.12. The molecule has 8 nitrogen and oxygen atoms in total. The normalized spacial score (nSPS) is 12.3. The van der Waals surface area contributed by atoms with E-state index in [1.165, 1.54) is 12.1 Å². The second kappa shape index (κ2) is 8.55. The molecule has 0 saturated heterocycles. The standard InChI is InChI=1S/C16H23N6O2PS2/c1-21(2)25(22(3)4,14-9-11-18-12-10-14)20-16(26)19-13-5-7-15(8-6-13)27(17,23)24/h5-12H,1-4H3,(H,19,26)(H2,17,23,24). The van der Waals surface area contributed by atoms with Crippen molar-refractivity contribution in [3.63, 3.8) is 0 Å². The molecule has 11 heteroatoms. The van der Waals surface area contributed by atoms with Crippen molar-refractivity contribution < 1.29 is 8.42 Å². The largest absolute Gasteiger partial charge is 0.331 e. The van der Waals surface area contributed by atoms with Gasteiger partial charge in [-0.1, -0.05) is 0 Å². The number of aromatic nitrogens is 1. The summed E-state index contributed by atoms with van der Waals surface area (Å²) in [6.07, 6.45) is 3.46. The Bertz CT molecular complexity index is 948. The molecule has 0 unspecified atom stereocenters. The molecule has 146 valence electrons. The highest BCUT2D eigenvalue weighted by atomic mass is 32.2. The average molecular weight is 427 g/mol. The van der Waals surface area contributed by atoms with Crippen LogP contribution in [0.3, 0.4) is 0 Å². The van der Waals surface area contributed by atoms with Gasteiger partial charge in [0, 0.05) is 23.4 Å². The first kappa shape index (κ1) is 21.6. The summed E-state index contributed by atoms with van der Waals surface area (Å²) in [6.45, 7) is 0. The molecule has 0 saturated carbocycles. The van der Waals surface area contributed by atoms with Crippen molar-refractivity contribution in [2.24, 2.45) is 9.88 Å². The SMILES string of the molecule is CN(C)P(=NC(=S)Nc1ccc(S(N)(=O)=O)cc1)(c1ccncc1)N(C)C. The summed E-state index contributed by atoms with van der Waals surface area (Å²) in [5.41, 5.74) is 0.626. The Kier molecular flexibility index (Phi) is 6.85. The number of sulfonamides is 1. The maximum atomic E-state index is 11.4. The van der Waals surface area contributed by atoms with Crippen LogP contribution in [0.5, 0.6) is 0 Å². The number of nitrogens with one attached hydrogen (secondary N) is 1. The zero-order valence-electron chi connectivity index (χ0n) is 15.6. The van der Waals surface area contributed by atoms with Gasteiger partial charge in [0.25, 0.3) is 0 Å². The molecular weight excluding hydrogens is 403 g/mol. The van der Waals surface area contributed by atoms with Crippen LogP contribution in [0.2, 0.25) is 0 Å². The third-order valence-electron chi connectivity index (χ3n) is 3.79. The molecule has 0 amide bonds. The highest BCUT2D eigenvalue weighted by Crippen LogP contribution is 2.52. The zero-order valence-corrected chi connectivity index (χ0v) is 18.1. The van der Waals surface area contributed by atoms with Crippen molar-refractivity contribution in [3.8, 4) is 0 Å². The number of hydrogen-bond donors (Lipinski definition) is 2. The molecule has 3 N–H and O–H groups in total. The predicted octanol–water partition coefficient (Wildman–Crippen LogP) is 1.91. The predicted molar refractivity (Wildman–Crippen MR) is 115 cm³/mol. The van der Waals surface area contributed by atoms with E-state index in [0.717, 1.165) is 5.30 Å². The number of rotatable bonds is 5. The van der Waals surface area contributed by atoms with Crippen LogP contribution in [0, 0.1) is 0 Å². The van der Waals surface area contributed by atoms with Gasteiger partial charge in [0.2, 0.25) is 10.0 Å². The van der Waals surface area contributed by atoms with Crippen LogP contribution in [0.25, 0.3) is 0 Å². The number of thiocarbonyl (C=S) groups is 1. The lowest BCUT2D eigenvalue weighted by atomic mass is 10.3. The highest BCUT2D eigenvalue weighted by molar-refractivity contribution is 7.89. The first-order chi connectivity index (χ1) is 12.6. The van der Waals surface area contributed by atoms with Crippen LogP contribution in [-0.2, 0) is 10.0 Å². The van der Waals surface area contributed by atoms with Gasteiger partial charge in [-0.05, 0) is 76.8 Å². The molecule has 2 aromatic rings. The molecule has 0 aliphatic rings. The minimum atomic E-state index is -3.73. The topological polar surface area (TPSA) is 104 Å². The molecule has 0 atom stereocenters. The van der Waals surface area contributed by atoms with Crippen LogP contribution in [-0.4, -0.2) is 56.0 Å².